The Hall–Kier alpha value is -1.78. The monoisotopic (exact) mass is 986 g/mol. The number of hydrogen-bond donors (Lipinski definition) is 4. The van der Waals surface area contributed by atoms with E-state index in [1.807, 2.05) is 0 Å². The number of aliphatic hydroxyl groups is 1. The number of carbonyl (C=O) groups is 3. The highest BCUT2D eigenvalue weighted by molar-refractivity contribution is 7.47. The summed E-state index contributed by atoms with van der Waals surface area (Å²) >= 11 is 0. The molecule has 0 heterocycles. The quantitative estimate of drug-likeness (QED) is 0.0199. The molecule has 0 aliphatic carbocycles. The van der Waals surface area contributed by atoms with Crippen molar-refractivity contribution < 1.29 is 47.8 Å². The molecule has 11 nitrogen and oxygen atoms in total. The van der Waals surface area contributed by atoms with E-state index >= 15 is 0 Å². The molecule has 1 amide bonds. The molecule has 0 aromatic rings. The minimum Gasteiger partial charge on any atom is -0.480 e. The van der Waals surface area contributed by atoms with Gasteiger partial charge in [0.1, 0.15) is 12.7 Å². The summed E-state index contributed by atoms with van der Waals surface area (Å²) in [5.74, 6) is -2.35. The molecule has 0 spiro atoms. The first-order chi connectivity index (χ1) is 33.1. The molecule has 4 N–H and O–H groups in total. The number of allylic oxidation sites excluding steroid dienone is 2. The molecular formula is C56H108NO10P. The zero-order valence-corrected chi connectivity index (χ0v) is 45.1. The van der Waals surface area contributed by atoms with Crippen LogP contribution in [0, 0.1) is 0 Å². The van der Waals surface area contributed by atoms with Crippen LogP contribution >= 0.6 is 7.82 Å². The van der Waals surface area contributed by atoms with Crippen molar-refractivity contribution in [2.75, 3.05) is 19.8 Å². The van der Waals surface area contributed by atoms with Crippen molar-refractivity contribution in [1.82, 2.24) is 5.32 Å². The third-order valence-corrected chi connectivity index (χ3v) is 14.0. The predicted molar refractivity (Wildman–Crippen MR) is 282 cm³/mol. The summed E-state index contributed by atoms with van der Waals surface area (Å²) < 4.78 is 27.0. The minimum absolute atomic E-state index is 0.152. The number of aliphatic hydroxyl groups excluding tert-OH is 1. The van der Waals surface area contributed by atoms with Gasteiger partial charge in [0.15, 0.2) is 6.04 Å². The van der Waals surface area contributed by atoms with Gasteiger partial charge in [0.25, 0.3) is 0 Å². The molecule has 0 fully saturated rings. The fourth-order valence-electron chi connectivity index (χ4n) is 8.61. The number of hydrogen-bond acceptors (Lipinski definition) is 8. The second-order valence-electron chi connectivity index (χ2n) is 19.8. The SMILES string of the molecule is CCCCCCCC/C=C/CCCCCCCCCCCCCCCC(=O)OCC(O)COP(=O)(O)OCC(NC(=O)CCCCCCCCCCCCCCCCCCCCCCC)C(=O)O. The normalized spacial score (nSPS) is 13.5. The van der Waals surface area contributed by atoms with Crippen LogP contribution in [0.3, 0.4) is 0 Å². The van der Waals surface area contributed by atoms with E-state index in [2.05, 4.69) is 31.3 Å². The van der Waals surface area contributed by atoms with E-state index in [1.54, 1.807) is 0 Å². The van der Waals surface area contributed by atoms with Crippen LogP contribution in [-0.2, 0) is 32.7 Å². The first-order valence-corrected chi connectivity index (χ1v) is 30.2. The van der Waals surface area contributed by atoms with Crippen molar-refractivity contribution in [2.24, 2.45) is 0 Å². The number of aliphatic carboxylic acids is 1. The number of rotatable bonds is 55. The van der Waals surface area contributed by atoms with E-state index in [0.717, 1.165) is 38.5 Å². The van der Waals surface area contributed by atoms with Gasteiger partial charge in [-0.25, -0.2) is 9.36 Å². The van der Waals surface area contributed by atoms with Gasteiger partial charge in [0, 0.05) is 12.8 Å². The molecular weight excluding hydrogens is 878 g/mol. The van der Waals surface area contributed by atoms with Gasteiger partial charge in [0.2, 0.25) is 5.91 Å². The van der Waals surface area contributed by atoms with Gasteiger partial charge >= 0.3 is 19.8 Å². The number of carboxylic acid groups (broad SMARTS) is 1. The third kappa shape index (κ3) is 50.6. The van der Waals surface area contributed by atoms with Crippen LogP contribution in [-0.4, -0.2) is 64.9 Å². The number of phosphoric acid groups is 1. The molecule has 0 saturated carbocycles. The lowest BCUT2D eigenvalue weighted by Gasteiger charge is -2.18. The molecule has 0 aromatic carbocycles. The van der Waals surface area contributed by atoms with Crippen LogP contribution in [0.1, 0.15) is 296 Å². The maximum absolute atomic E-state index is 12.4. The lowest BCUT2D eigenvalue weighted by atomic mass is 10.0. The molecule has 402 valence electrons. The summed E-state index contributed by atoms with van der Waals surface area (Å²) in [6.07, 6.45) is 56.7. The van der Waals surface area contributed by atoms with Crippen LogP contribution in [0.15, 0.2) is 12.2 Å². The van der Waals surface area contributed by atoms with Crippen molar-refractivity contribution in [3.63, 3.8) is 0 Å². The molecule has 0 saturated heterocycles. The van der Waals surface area contributed by atoms with Crippen molar-refractivity contribution in [3.05, 3.63) is 12.2 Å². The fraction of sp³-hybridized carbons (Fsp3) is 0.911. The number of carboxylic acids is 1. The van der Waals surface area contributed by atoms with E-state index in [9.17, 15) is 34.1 Å². The van der Waals surface area contributed by atoms with Crippen LogP contribution in [0.4, 0.5) is 0 Å². The molecule has 3 unspecified atom stereocenters. The zero-order valence-electron chi connectivity index (χ0n) is 44.2. The number of phosphoric ester groups is 1. The van der Waals surface area contributed by atoms with Crippen LogP contribution in [0.5, 0.6) is 0 Å². The van der Waals surface area contributed by atoms with E-state index in [4.69, 9.17) is 13.8 Å². The van der Waals surface area contributed by atoms with E-state index < -0.39 is 57.6 Å². The Morgan fingerprint density at radius 1 is 0.456 bits per heavy atom. The number of esters is 1. The van der Waals surface area contributed by atoms with E-state index in [1.165, 1.54) is 218 Å². The highest BCUT2D eigenvalue weighted by atomic mass is 31.2. The maximum atomic E-state index is 12.4. The predicted octanol–water partition coefficient (Wildman–Crippen LogP) is 16.4. The Bertz CT molecular complexity index is 1200. The molecule has 12 heteroatoms. The highest BCUT2D eigenvalue weighted by Gasteiger charge is 2.28. The second kappa shape index (κ2) is 51.6. The minimum atomic E-state index is -4.76. The molecule has 68 heavy (non-hydrogen) atoms. The van der Waals surface area contributed by atoms with Gasteiger partial charge in [0.05, 0.1) is 13.2 Å². The van der Waals surface area contributed by atoms with Crippen molar-refractivity contribution >= 4 is 25.7 Å². The molecule has 3 atom stereocenters. The Morgan fingerprint density at radius 2 is 0.765 bits per heavy atom. The first-order valence-electron chi connectivity index (χ1n) is 28.7. The van der Waals surface area contributed by atoms with E-state index in [-0.39, 0.29) is 12.8 Å². The standard InChI is InChI=1S/C56H108NO10P/c1-3-5-7-9-11-13-15-17-19-21-23-25-26-28-30-32-34-36-38-40-42-44-46-48-55(60)65-49-52(58)50-66-68(63,64)67-51-53(56(61)62)57-54(59)47-45-43-41-39-37-35-33-31-29-27-24-22-20-18-16-14-12-10-8-6-4-2/h17,19,52-53,58H,3-16,18,20-51H2,1-2H3,(H,57,59)(H,61,62)(H,63,64)/b19-17+. The topological polar surface area (TPSA) is 169 Å². The molecule has 0 aliphatic rings. The van der Waals surface area contributed by atoms with Crippen molar-refractivity contribution in [1.29, 1.82) is 0 Å². The lowest BCUT2D eigenvalue weighted by Crippen LogP contribution is -2.43. The number of nitrogens with one attached hydrogen (secondary N) is 1. The van der Waals surface area contributed by atoms with Gasteiger partial charge in [-0.3, -0.25) is 18.6 Å². The molecule has 0 aliphatic heterocycles. The first kappa shape index (κ1) is 66.2. The average Bonchev–Trinajstić information content (AvgIpc) is 3.32. The Labute approximate surface area is 417 Å². The van der Waals surface area contributed by atoms with Gasteiger partial charge in [-0.2, -0.15) is 0 Å². The summed E-state index contributed by atoms with van der Waals surface area (Å²) in [6.45, 7) is 2.66. The summed E-state index contributed by atoms with van der Waals surface area (Å²) in [5.41, 5.74) is 0. The molecule has 0 aromatic heterocycles. The molecule has 0 rings (SSSR count). The Kier molecular flexibility index (Phi) is 50.2. The van der Waals surface area contributed by atoms with E-state index in [0.29, 0.717) is 12.8 Å². The van der Waals surface area contributed by atoms with Gasteiger partial charge in [-0.05, 0) is 38.5 Å². The van der Waals surface area contributed by atoms with Crippen LogP contribution < -0.4 is 5.32 Å². The summed E-state index contributed by atoms with van der Waals surface area (Å²) in [5, 5.41) is 22.0. The van der Waals surface area contributed by atoms with Gasteiger partial charge in [-0.1, -0.05) is 257 Å². The summed E-state index contributed by atoms with van der Waals surface area (Å²) in [7, 11) is -4.76. The largest absolute Gasteiger partial charge is 0.480 e. The maximum Gasteiger partial charge on any atom is 0.472 e. The zero-order chi connectivity index (χ0) is 49.9. The van der Waals surface area contributed by atoms with Crippen LogP contribution in [0.2, 0.25) is 0 Å². The fourth-order valence-corrected chi connectivity index (χ4v) is 9.38. The molecule has 0 radical (unpaired) electrons. The average molecular weight is 986 g/mol. The number of unbranched alkanes of at least 4 members (excludes halogenated alkanes) is 39. The van der Waals surface area contributed by atoms with Crippen molar-refractivity contribution in [2.45, 2.75) is 309 Å². The molecule has 0 bridgehead atoms. The number of ether oxygens (including phenoxy) is 1. The van der Waals surface area contributed by atoms with Gasteiger partial charge in [-0.15, -0.1) is 0 Å². The smallest absolute Gasteiger partial charge is 0.472 e. The number of amides is 1. The van der Waals surface area contributed by atoms with Crippen molar-refractivity contribution in [3.8, 4) is 0 Å². The lowest BCUT2D eigenvalue weighted by molar-refractivity contribution is -0.147. The van der Waals surface area contributed by atoms with Gasteiger partial charge < -0.3 is 25.2 Å². The summed E-state index contributed by atoms with van der Waals surface area (Å²) in [4.78, 5) is 46.2. The highest BCUT2D eigenvalue weighted by Crippen LogP contribution is 2.43. The number of carbonyl (C=O) groups excluding carboxylic acids is 2. The Balaban J connectivity index is 3.73. The third-order valence-electron chi connectivity index (χ3n) is 13.1. The van der Waals surface area contributed by atoms with Crippen LogP contribution in [0.25, 0.3) is 0 Å². The Morgan fingerprint density at radius 3 is 1.12 bits per heavy atom. The second-order valence-corrected chi connectivity index (χ2v) is 21.3. The summed E-state index contributed by atoms with van der Waals surface area (Å²) in [6, 6.07) is -1.54.